The van der Waals surface area contributed by atoms with Crippen molar-refractivity contribution in [2.24, 2.45) is 10.9 Å². The van der Waals surface area contributed by atoms with Gasteiger partial charge in [-0.1, -0.05) is 24.8 Å². The van der Waals surface area contributed by atoms with Crippen LogP contribution in [0, 0.1) is 5.92 Å². The predicted octanol–water partition coefficient (Wildman–Crippen LogP) is 3.38. The van der Waals surface area contributed by atoms with Gasteiger partial charge in [-0.15, -0.1) is 0 Å². The van der Waals surface area contributed by atoms with Crippen LogP contribution in [-0.4, -0.2) is 37.2 Å². The molecule has 0 saturated carbocycles. The standard InChI is InChI=1S/C22H23NO5/c1-4-12-28-22(26)18-13(2)23-16-6-5-7-17(24)20(16)19(18)14-8-10-15(11-9-14)21(25)27-3/h4,8-11,18-19H,1,5-7,12H2,2-3H3/t18?,19-/m1/s1. The van der Waals surface area contributed by atoms with Crippen LogP contribution in [0.25, 0.3) is 0 Å². The zero-order chi connectivity index (χ0) is 20.3. The van der Waals surface area contributed by atoms with Gasteiger partial charge in [0.25, 0.3) is 0 Å². The molecule has 6 nitrogen and oxygen atoms in total. The number of rotatable bonds is 5. The van der Waals surface area contributed by atoms with E-state index in [0.717, 1.165) is 17.7 Å². The molecular weight excluding hydrogens is 358 g/mol. The minimum Gasteiger partial charge on any atom is -0.465 e. The van der Waals surface area contributed by atoms with Crippen LogP contribution >= 0.6 is 0 Å². The minimum atomic E-state index is -0.690. The zero-order valence-corrected chi connectivity index (χ0v) is 16.1. The molecule has 1 heterocycles. The van der Waals surface area contributed by atoms with Crippen LogP contribution in [0.1, 0.15) is 48.0 Å². The Morgan fingerprint density at radius 3 is 2.61 bits per heavy atom. The molecule has 1 aliphatic heterocycles. The maximum atomic E-state index is 12.8. The van der Waals surface area contributed by atoms with E-state index in [1.807, 2.05) is 0 Å². The lowest BCUT2D eigenvalue weighted by atomic mass is 9.71. The normalized spacial score (nSPS) is 21.5. The molecular formula is C22H23NO5. The van der Waals surface area contributed by atoms with Crippen molar-refractivity contribution in [2.75, 3.05) is 13.7 Å². The molecule has 0 N–H and O–H groups in total. The van der Waals surface area contributed by atoms with E-state index < -0.39 is 23.8 Å². The molecule has 1 aromatic carbocycles. The van der Waals surface area contributed by atoms with Crippen molar-refractivity contribution in [1.29, 1.82) is 0 Å². The molecule has 0 aromatic heterocycles. The second-order valence-corrected chi connectivity index (χ2v) is 6.88. The van der Waals surface area contributed by atoms with Gasteiger partial charge in [0.1, 0.15) is 12.5 Å². The van der Waals surface area contributed by atoms with Crippen molar-refractivity contribution in [3.8, 4) is 0 Å². The monoisotopic (exact) mass is 381 g/mol. The van der Waals surface area contributed by atoms with E-state index >= 15 is 0 Å². The highest BCUT2D eigenvalue weighted by atomic mass is 16.5. The minimum absolute atomic E-state index is 0.0149. The maximum absolute atomic E-state index is 12.8. The quantitative estimate of drug-likeness (QED) is 0.577. The van der Waals surface area contributed by atoms with Gasteiger partial charge < -0.3 is 9.47 Å². The smallest absolute Gasteiger partial charge is 0.337 e. The van der Waals surface area contributed by atoms with Crippen molar-refractivity contribution in [3.63, 3.8) is 0 Å². The van der Waals surface area contributed by atoms with Crippen molar-refractivity contribution in [3.05, 3.63) is 59.3 Å². The van der Waals surface area contributed by atoms with E-state index in [-0.39, 0.29) is 12.4 Å². The average molecular weight is 381 g/mol. The molecule has 1 unspecified atom stereocenters. The van der Waals surface area contributed by atoms with Crippen LogP contribution < -0.4 is 0 Å². The number of allylic oxidation sites excluding steroid dienone is 2. The van der Waals surface area contributed by atoms with Crippen LogP contribution in [0.2, 0.25) is 0 Å². The van der Waals surface area contributed by atoms with E-state index in [1.165, 1.54) is 13.2 Å². The fourth-order valence-corrected chi connectivity index (χ4v) is 3.85. The molecule has 3 rings (SSSR count). The largest absolute Gasteiger partial charge is 0.465 e. The lowest BCUT2D eigenvalue weighted by molar-refractivity contribution is -0.145. The summed E-state index contributed by atoms with van der Waals surface area (Å²) >= 11 is 0. The van der Waals surface area contributed by atoms with Gasteiger partial charge in [0.05, 0.1) is 12.7 Å². The first-order chi connectivity index (χ1) is 13.5. The van der Waals surface area contributed by atoms with Gasteiger partial charge in [-0.2, -0.15) is 0 Å². The summed E-state index contributed by atoms with van der Waals surface area (Å²) in [5.74, 6) is -2.04. The van der Waals surface area contributed by atoms with Crippen LogP contribution in [0.5, 0.6) is 0 Å². The first-order valence-electron chi connectivity index (χ1n) is 9.25. The first-order valence-corrected chi connectivity index (χ1v) is 9.25. The van der Waals surface area contributed by atoms with E-state index in [2.05, 4.69) is 11.6 Å². The molecule has 1 aliphatic carbocycles. The Balaban J connectivity index is 2.07. The molecule has 0 saturated heterocycles. The van der Waals surface area contributed by atoms with Crippen molar-refractivity contribution < 1.29 is 23.9 Å². The number of ketones is 1. The summed E-state index contributed by atoms with van der Waals surface area (Å²) in [6.45, 7) is 5.46. The van der Waals surface area contributed by atoms with Gasteiger partial charge in [0, 0.05) is 29.3 Å². The predicted molar refractivity (Wildman–Crippen MR) is 104 cm³/mol. The fourth-order valence-electron chi connectivity index (χ4n) is 3.85. The number of carbonyl (C=O) groups is 3. The topological polar surface area (TPSA) is 82.0 Å². The Hall–Kier alpha value is -3.02. The van der Waals surface area contributed by atoms with Crippen molar-refractivity contribution in [1.82, 2.24) is 0 Å². The van der Waals surface area contributed by atoms with E-state index in [1.54, 1.807) is 31.2 Å². The van der Waals surface area contributed by atoms with Gasteiger partial charge in [0.15, 0.2) is 5.78 Å². The number of ether oxygens (including phenoxy) is 2. The highest BCUT2D eigenvalue weighted by molar-refractivity contribution is 6.08. The number of methoxy groups -OCH3 is 1. The SMILES string of the molecule is C=CCOC(=O)C1C(C)=NC2=C(C(=O)CCC2)[C@@H]1c1ccc(C(=O)OC)cc1. The van der Waals surface area contributed by atoms with Gasteiger partial charge in [-0.25, -0.2) is 4.79 Å². The van der Waals surface area contributed by atoms with E-state index in [4.69, 9.17) is 9.47 Å². The number of esters is 2. The highest BCUT2D eigenvalue weighted by Gasteiger charge is 2.43. The summed E-state index contributed by atoms with van der Waals surface area (Å²) in [5, 5.41) is 0. The number of aliphatic imine (C=N–C) groups is 1. The lowest BCUT2D eigenvalue weighted by Crippen LogP contribution is -2.37. The summed E-state index contributed by atoms with van der Waals surface area (Å²) in [5.41, 5.74) is 3.14. The Bertz CT molecular complexity index is 879. The second kappa shape index (κ2) is 8.33. The van der Waals surface area contributed by atoms with Crippen LogP contribution in [0.15, 0.2) is 53.2 Å². The molecule has 2 atom stereocenters. The Labute approximate surface area is 163 Å². The number of nitrogens with zero attached hydrogens (tertiary/aromatic N) is 1. The molecule has 1 aromatic rings. The molecule has 0 amide bonds. The molecule has 146 valence electrons. The van der Waals surface area contributed by atoms with Crippen molar-refractivity contribution >= 4 is 23.4 Å². The Morgan fingerprint density at radius 2 is 1.96 bits per heavy atom. The van der Waals surface area contributed by atoms with Crippen LogP contribution in [0.4, 0.5) is 0 Å². The molecule has 0 fully saturated rings. The van der Waals surface area contributed by atoms with Gasteiger partial charge >= 0.3 is 11.9 Å². The average Bonchev–Trinajstić information content (AvgIpc) is 2.70. The third-order valence-corrected chi connectivity index (χ3v) is 5.12. The molecule has 0 bridgehead atoms. The Kier molecular flexibility index (Phi) is 5.87. The molecule has 6 heteroatoms. The summed E-state index contributed by atoms with van der Waals surface area (Å²) in [6.07, 6.45) is 3.42. The third-order valence-electron chi connectivity index (χ3n) is 5.12. The number of benzene rings is 1. The highest BCUT2D eigenvalue weighted by Crippen LogP contribution is 2.43. The number of carbonyl (C=O) groups excluding carboxylic acids is 3. The van der Waals surface area contributed by atoms with Crippen LogP contribution in [-0.2, 0) is 19.1 Å². The molecule has 0 radical (unpaired) electrons. The van der Waals surface area contributed by atoms with Gasteiger partial charge in [-0.3, -0.25) is 14.6 Å². The van der Waals surface area contributed by atoms with Gasteiger partial charge in [-0.05, 0) is 37.5 Å². The molecule has 2 aliphatic rings. The molecule has 0 spiro atoms. The lowest BCUT2D eigenvalue weighted by Gasteiger charge is -2.34. The summed E-state index contributed by atoms with van der Waals surface area (Å²) in [7, 11) is 1.32. The third kappa shape index (κ3) is 3.67. The fraction of sp³-hybridized carbons (Fsp3) is 0.364. The second-order valence-electron chi connectivity index (χ2n) is 6.88. The number of hydrogen-bond acceptors (Lipinski definition) is 6. The summed E-state index contributed by atoms with van der Waals surface area (Å²) in [6, 6.07) is 6.80. The van der Waals surface area contributed by atoms with Crippen molar-refractivity contribution in [2.45, 2.75) is 32.1 Å². The molecule has 28 heavy (non-hydrogen) atoms. The zero-order valence-electron chi connectivity index (χ0n) is 16.1. The summed E-state index contributed by atoms with van der Waals surface area (Å²) in [4.78, 5) is 41.9. The first kappa shape index (κ1) is 19.7. The number of hydrogen-bond donors (Lipinski definition) is 0. The van der Waals surface area contributed by atoms with Crippen LogP contribution in [0.3, 0.4) is 0 Å². The van der Waals surface area contributed by atoms with E-state index in [0.29, 0.717) is 29.7 Å². The summed E-state index contributed by atoms with van der Waals surface area (Å²) < 4.78 is 10.0. The Morgan fingerprint density at radius 1 is 1.25 bits per heavy atom. The van der Waals surface area contributed by atoms with E-state index in [9.17, 15) is 14.4 Å². The number of Topliss-reactive ketones (excluding diaryl/α,β-unsaturated/α-hetero) is 1. The maximum Gasteiger partial charge on any atom is 0.337 e. The van der Waals surface area contributed by atoms with Gasteiger partial charge in [0.2, 0.25) is 0 Å².